The van der Waals surface area contributed by atoms with E-state index in [2.05, 4.69) is 9.84 Å². The Labute approximate surface area is 91.8 Å². The fraction of sp³-hybridized carbons (Fsp3) is 0.500. The summed E-state index contributed by atoms with van der Waals surface area (Å²) in [5.74, 6) is -1.83. The topological polar surface area (TPSA) is 81.4 Å². The fourth-order valence-corrected chi connectivity index (χ4v) is 1.92. The van der Waals surface area contributed by atoms with Crippen LogP contribution in [0.25, 0.3) is 0 Å². The van der Waals surface area contributed by atoms with Crippen LogP contribution in [0.3, 0.4) is 0 Å². The van der Waals surface area contributed by atoms with Gasteiger partial charge in [-0.05, 0) is 6.42 Å². The molecule has 1 aliphatic rings. The largest absolute Gasteiger partial charge is 0.481 e. The molecule has 1 aromatic heterocycles. The summed E-state index contributed by atoms with van der Waals surface area (Å²) in [6.07, 6.45) is 1.97. The van der Waals surface area contributed by atoms with Gasteiger partial charge in [-0.1, -0.05) is 0 Å². The van der Waals surface area contributed by atoms with Crippen LogP contribution in [0.4, 0.5) is 0 Å². The molecule has 16 heavy (non-hydrogen) atoms. The van der Waals surface area contributed by atoms with Gasteiger partial charge in [-0.3, -0.25) is 9.48 Å². The van der Waals surface area contributed by atoms with Gasteiger partial charge in [0.25, 0.3) is 0 Å². The Morgan fingerprint density at radius 3 is 2.81 bits per heavy atom. The first-order valence-corrected chi connectivity index (χ1v) is 4.89. The molecule has 1 fully saturated rings. The molecule has 0 radical (unpaired) electrons. The van der Waals surface area contributed by atoms with Crippen molar-refractivity contribution >= 4 is 11.9 Å². The van der Waals surface area contributed by atoms with Crippen LogP contribution in [0.1, 0.15) is 28.4 Å². The number of carbonyl (C=O) groups is 2. The number of carboxylic acids is 1. The van der Waals surface area contributed by atoms with E-state index in [0.717, 1.165) is 0 Å². The minimum absolute atomic E-state index is 0.126. The second-order valence-corrected chi connectivity index (χ2v) is 3.85. The molecule has 6 heteroatoms. The highest BCUT2D eigenvalue weighted by atomic mass is 16.5. The van der Waals surface area contributed by atoms with Gasteiger partial charge in [-0.25, -0.2) is 4.79 Å². The van der Waals surface area contributed by atoms with Gasteiger partial charge >= 0.3 is 11.9 Å². The Morgan fingerprint density at radius 1 is 1.62 bits per heavy atom. The van der Waals surface area contributed by atoms with E-state index in [9.17, 15) is 9.59 Å². The Hall–Kier alpha value is -1.85. The summed E-state index contributed by atoms with van der Waals surface area (Å²) in [4.78, 5) is 22.2. The molecule has 1 saturated carbocycles. The number of hydrogen-bond donors (Lipinski definition) is 1. The number of carbonyl (C=O) groups excluding carboxylic acids is 1. The van der Waals surface area contributed by atoms with E-state index < -0.39 is 17.9 Å². The van der Waals surface area contributed by atoms with Gasteiger partial charge in [0.2, 0.25) is 0 Å². The molecule has 1 aromatic rings. The number of hydrogen-bond acceptors (Lipinski definition) is 4. The van der Waals surface area contributed by atoms with Gasteiger partial charge in [0.1, 0.15) is 5.56 Å². The molecular weight excluding hydrogens is 212 g/mol. The molecular formula is C10H12N2O4. The predicted molar refractivity (Wildman–Crippen MR) is 53.0 cm³/mol. The van der Waals surface area contributed by atoms with Crippen LogP contribution in [-0.4, -0.2) is 33.9 Å². The van der Waals surface area contributed by atoms with Crippen molar-refractivity contribution in [3.63, 3.8) is 0 Å². The molecule has 0 saturated heterocycles. The predicted octanol–water partition coefficient (Wildman–Crippen LogP) is 0.395. The van der Waals surface area contributed by atoms with E-state index in [-0.39, 0.29) is 5.92 Å². The average Bonchev–Trinajstić information content (AvgIpc) is 2.95. The minimum Gasteiger partial charge on any atom is -0.481 e. The summed E-state index contributed by atoms with van der Waals surface area (Å²) >= 11 is 0. The van der Waals surface area contributed by atoms with Crippen molar-refractivity contribution in [2.24, 2.45) is 13.0 Å². The monoisotopic (exact) mass is 224 g/mol. The van der Waals surface area contributed by atoms with E-state index in [4.69, 9.17) is 5.11 Å². The summed E-state index contributed by atoms with van der Waals surface area (Å²) in [5, 5.41) is 12.8. The number of methoxy groups -OCH3 is 1. The Kier molecular flexibility index (Phi) is 2.41. The zero-order valence-corrected chi connectivity index (χ0v) is 9.01. The highest BCUT2D eigenvalue weighted by molar-refractivity contribution is 5.91. The molecule has 0 aliphatic heterocycles. The first kappa shape index (κ1) is 10.7. The third kappa shape index (κ3) is 1.56. The first-order chi connectivity index (χ1) is 7.56. The highest BCUT2D eigenvalue weighted by Crippen LogP contribution is 2.48. The Bertz CT molecular complexity index is 452. The third-order valence-corrected chi connectivity index (χ3v) is 2.85. The second kappa shape index (κ2) is 3.62. The van der Waals surface area contributed by atoms with Gasteiger partial charge < -0.3 is 9.84 Å². The maximum absolute atomic E-state index is 11.4. The average molecular weight is 224 g/mol. The van der Waals surface area contributed by atoms with E-state index >= 15 is 0 Å². The molecule has 2 rings (SSSR count). The Balaban J connectivity index is 2.31. The summed E-state index contributed by atoms with van der Waals surface area (Å²) < 4.78 is 6.17. The number of aromatic nitrogens is 2. The van der Waals surface area contributed by atoms with Crippen molar-refractivity contribution in [3.05, 3.63) is 17.5 Å². The lowest BCUT2D eigenvalue weighted by Crippen LogP contribution is -2.08. The zero-order valence-electron chi connectivity index (χ0n) is 9.01. The molecule has 0 amide bonds. The number of ether oxygens (including phenoxy) is 1. The summed E-state index contributed by atoms with van der Waals surface area (Å²) in [7, 11) is 2.99. The second-order valence-electron chi connectivity index (χ2n) is 3.85. The number of esters is 1. The molecule has 1 aliphatic carbocycles. The van der Waals surface area contributed by atoms with Crippen molar-refractivity contribution < 1.29 is 19.4 Å². The third-order valence-electron chi connectivity index (χ3n) is 2.85. The number of aryl methyl sites for hydroxylation is 1. The van der Waals surface area contributed by atoms with Gasteiger partial charge in [0.15, 0.2) is 0 Å². The van der Waals surface area contributed by atoms with Gasteiger partial charge in [0, 0.05) is 13.0 Å². The fourth-order valence-electron chi connectivity index (χ4n) is 1.92. The SMILES string of the molecule is COC(=O)c1cnn(C)c1[C@@H]1C[C@H]1C(=O)O. The van der Waals surface area contributed by atoms with Crippen molar-refractivity contribution in [3.8, 4) is 0 Å². The molecule has 2 atom stereocenters. The van der Waals surface area contributed by atoms with Crippen molar-refractivity contribution in [2.45, 2.75) is 12.3 Å². The smallest absolute Gasteiger partial charge is 0.341 e. The van der Waals surface area contributed by atoms with Crippen LogP contribution in [0.5, 0.6) is 0 Å². The number of carboxylic acid groups (broad SMARTS) is 1. The zero-order chi connectivity index (χ0) is 11.9. The molecule has 6 nitrogen and oxygen atoms in total. The molecule has 0 aromatic carbocycles. The van der Waals surface area contributed by atoms with Crippen LogP contribution in [0, 0.1) is 5.92 Å². The van der Waals surface area contributed by atoms with Gasteiger partial charge in [-0.15, -0.1) is 0 Å². The summed E-state index contributed by atoms with van der Waals surface area (Å²) in [6, 6.07) is 0. The normalized spacial score (nSPS) is 22.9. The Morgan fingerprint density at radius 2 is 2.31 bits per heavy atom. The van der Waals surface area contributed by atoms with Gasteiger partial charge in [0.05, 0.1) is 24.9 Å². The number of nitrogens with zero attached hydrogens (tertiary/aromatic N) is 2. The highest BCUT2D eigenvalue weighted by Gasteiger charge is 2.47. The lowest BCUT2D eigenvalue weighted by molar-refractivity contribution is -0.138. The summed E-state index contributed by atoms with van der Waals surface area (Å²) in [6.45, 7) is 0. The van der Waals surface area contributed by atoms with Crippen LogP contribution >= 0.6 is 0 Å². The van der Waals surface area contributed by atoms with Crippen LogP contribution in [0.15, 0.2) is 6.20 Å². The quantitative estimate of drug-likeness (QED) is 0.751. The first-order valence-electron chi connectivity index (χ1n) is 4.89. The van der Waals surface area contributed by atoms with Crippen molar-refractivity contribution in [1.82, 2.24) is 9.78 Å². The maximum Gasteiger partial charge on any atom is 0.341 e. The van der Waals surface area contributed by atoms with Crippen LogP contribution in [-0.2, 0) is 16.6 Å². The van der Waals surface area contributed by atoms with Crippen LogP contribution in [0.2, 0.25) is 0 Å². The molecule has 0 spiro atoms. The molecule has 0 unspecified atom stereocenters. The van der Waals surface area contributed by atoms with Gasteiger partial charge in [-0.2, -0.15) is 5.10 Å². The van der Waals surface area contributed by atoms with Crippen LogP contribution < -0.4 is 0 Å². The van der Waals surface area contributed by atoms with E-state index in [1.807, 2.05) is 0 Å². The molecule has 0 bridgehead atoms. The lowest BCUT2D eigenvalue weighted by atomic mass is 10.1. The van der Waals surface area contributed by atoms with E-state index in [1.165, 1.54) is 13.3 Å². The molecule has 1 N–H and O–H groups in total. The molecule has 1 heterocycles. The maximum atomic E-state index is 11.4. The standard InChI is InChI=1S/C10H12N2O4/c1-12-8(5-3-6(5)9(13)14)7(4-11-12)10(15)16-2/h4-6H,3H2,1-2H3,(H,13,14)/t5-,6-/m1/s1. The number of aliphatic carboxylic acids is 1. The minimum atomic E-state index is -0.831. The van der Waals surface area contributed by atoms with E-state index in [1.54, 1.807) is 11.7 Å². The van der Waals surface area contributed by atoms with Crippen molar-refractivity contribution in [1.29, 1.82) is 0 Å². The number of rotatable bonds is 3. The lowest BCUT2D eigenvalue weighted by Gasteiger charge is -2.03. The van der Waals surface area contributed by atoms with Crippen molar-refractivity contribution in [2.75, 3.05) is 7.11 Å². The van der Waals surface area contributed by atoms with E-state index in [0.29, 0.717) is 17.7 Å². The molecule has 86 valence electrons. The summed E-state index contributed by atoms with van der Waals surface area (Å²) in [5.41, 5.74) is 1.01.